The number of rotatable bonds is 7. The van der Waals surface area contributed by atoms with Gasteiger partial charge in [-0.05, 0) is 38.4 Å². The van der Waals surface area contributed by atoms with Crippen LogP contribution >= 0.6 is 12.4 Å². The molecule has 1 fully saturated rings. The molecule has 0 N–H and O–H groups in total. The number of piperidine rings is 1. The van der Waals surface area contributed by atoms with E-state index in [2.05, 4.69) is 4.90 Å². The van der Waals surface area contributed by atoms with E-state index in [-0.39, 0.29) is 18.1 Å². The molecule has 0 saturated carbocycles. The van der Waals surface area contributed by atoms with Crippen molar-refractivity contribution in [2.24, 2.45) is 0 Å². The number of hydrogen-bond acceptors (Lipinski definition) is 5. The summed E-state index contributed by atoms with van der Waals surface area (Å²) in [5.41, 5.74) is 0.00696. The van der Waals surface area contributed by atoms with E-state index in [4.69, 9.17) is 9.47 Å². The van der Waals surface area contributed by atoms with Crippen molar-refractivity contribution < 1.29 is 14.4 Å². The van der Waals surface area contributed by atoms with Crippen molar-refractivity contribution in [3.63, 3.8) is 0 Å². The highest BCUT2D eigenvalue weighted by atomic mass is 35.5. The summed E-state index contributed by atoms with van der Waals surface area (Å²) in [7, 11) is 1.49. The van der Waals surface area contributed by atoms with Crippen LogP contribution in [0.25, 0.3) is 0 Å². The maximum Gasteiger partial charge on any atom is 0.273 e. The largest absolute Gasteiger partial charge is 0.493 e. The van der Waals surface area contributed by atoms with Gasteiger partial charge in [-0.25, -0.2) is 0 Å². The molecule has 0 unspecified atom stereocenters. The van der Waals surface area contributed by atoms with Crippen molar-refractivity contribution in [3.8, 4) is 11.5 Å². The van der Waals surface area contributed by atoms with Crippen molar-refractivity contribution in [3.05, 3.63) is 28.3 Å². The second-order valence-electron chi connectivity index (χ2n) is 5.20. The molecule has 0 bridgehead atoms. The topological polar surface area (TPSA) is 64.8 Å². The number of likely N-dealkylation sites (tertiary alicyclic amines) is 1. The number of ether oxygens (including phenoxy) is 2. The molecule has 0 atom stereocenters. The average molecular weight is 331 g/mol. The smallest absolute Gasteiger partial charge is 0.273 e. The fraction of sp³-hybridized carbons (Fsp3) is 0.600. The van der Waals surface area contributed by atoms with E-state index in [9.17, 15) is 10.1 Å². The van der Waals surface area contributed by atoms with Gasteiger partial charge >= 0.3 is 0 Å². The zero-order valence-electron chi connectivity index (χ0n) is 12.8. The van der Waals surface area contributed by atoms with E-state index in [1.165, 1.54) is 51.6 Å². The Morgan fingerprint density at radius 3 is 2.59 bits per heavy atom. The molecule has 7 heteroatoms. The van der Waals surface area contributed by atoms with Gasteiger partial charge < -0.3 is 14.4 Å². The van der Waals surface area contributed by atoms with Crippen LogP contribution in [0, 0.1) is 10.1 Å². The van der Waals surface area contributed by atoms with Gasteiger partial charge in [0.25, 0.3) is 5.69 Å². The number of non-ortho nitro benzene ring substituents is 1. The van der Waals surface area contributed by atoms with Crippen molar-refractivity contribution >= 4 is 18.1 Å². The van der Waals surface area contributed by atoms with Crippen LogP contribution < -0.4 is 9.47 Å². The molecule has 0 radical (unpaired) electrons. The third kappa shape index (κ3) is 5.35. The van der Waals surface area contributed by atoms with Crippen molar-refractivity contribution in [2.75, 3.05) is 33.4 Å². The molecular formula is C15H23ClN2O4. The van der Waals surface area contributed by atoms with Gasteiger partial charge in [0.15, 0.2) is 11.5 Å². The monoisotopic (exact) mass is 330 g/mol. The van der Waals surface area contributed by atoms with E-state index in [0.29, 0.717) is 18.1 Å². The maximum atomic E-state index is 10.7. The van der Waals surface area contributed by atoms with Crippen LogP contribution in [-0.4, -0.2) is 43.2 Å². The second-order valence-corrected chi connectivity index (χ2v) is 5.20. The summed E-state index contributed by atoms with van der Waals surface area (Å²) in [4.78, 5) is 12.7. The molecule has 1 heterocycles. The minimum absolute atomic E-state index is 0. The molecule has 22 heavy (non-hydrogen) atoms. The lowest BCUT2D eigenvalue weighted by Crippen LogP contribution is -2.31. The van der Waals surface area contributed by atoms with Crippen molar-refractivity contribution in [2.45, 2.75) is 25.7 Å². The fourth-order valence-corrected chi connectivity index (χ4v) is 2.54. The third-order valence-electron chi connectivity index (χ3n) is 3.68. The van der Waals surface area contributed by atoms with Gasteiger partial charge in [0, 0.05) is 12.6 Å². The Hall–Kier alpha value is -1.53. The van der Waals surface area contributed by atoms with Gasteiger partial charge in [0.05, 0.1) is 24.7 Å². The van der Waals surface area contributed by atoms with Crippen LogP contribution in [0.2, 0.25) is 0 Å². The van der Waals surface area contributed by atoms with Crippen LogP contribution in [-0.2, 0) is 0 Å². The predicted octanol–water partition coefficient (Wildman–Crippen LogP) is 3.28. The lowest BCUT2D eigenvalue weighted by molar-refractivity contribution is -0.384. The number of benzene rings is 1. The standard InChI is InChI=1S/C15H22N2O4.ClH/c1-20-15-12-13(17(18)19)6-7-14(15)21-11-5-10-16-8-3-2-4-9-16;/h6-7,12H,2-5,8-11H2,1H3;1H. The number of halogens is 1. The highest BCUT2D eigenvalue weighted by molar-refractivity contribution is 5.85. The highest BCUT2D eigenvalue weighted by Crippen LogP contribution is 2.31. The van der Waals surface area contributed by atoms with Crippen molar-refractivity contribution in [1.82, 2.24) is 4.90 Å². The number of nitrogens with zero attached hydrogens (tertiary/aromatic N) is 2. The van der Waals surface area contributed by atoms with Crippen LogP contribution in [0.15, 0.2) is 18.2 Å². The van der Waals surface area contributed by atoms with E-state index < -0.39 is 4.92 Å². The summed E-state index contributed by atoms with van der Waals surface area (Å²) in [6.45, 7) is 3.99. The second kappa shape index (κ2) is 9.48. The molecule has 0 aliphatic carbocycles. The number of nitro benzene ring substituents is 1. The van der Waals surface area contributed by atoms with Gasteiger partial charge in [-0.1, -0.05) is 6.42 Å². The van der Waals surface area contributed by atoms with E-state index in [0.717, 1.165) is 13.0 Å². The summed E-state index contributed by atoms with van der Waals surface area (Å²) in [6.07, 6.45) is 4.86. The Balaban J connectivity index is 0.00000242. The molecule has 0 spiro atoms. The summed E-state index contributed by atoms with van der Waals surface area (Å²) >= 11 is 0. The molecular weight excluding hydrogens is 308 g/mol. The first-order chi connectivity index (χ1) is 10.2. The average Bonchev–Trinajstić information content (AvgIpc) is 2.52. The first kappa shape index (κ1) is 18.5. The van der Waals surface area contributed by atoms with E-state index in [1.807, 2.05) is 0 Å². The zero-order chi connectivity index (χ0) is 15.1. The fourth-order valence-electron chi connectivity index (χ4n) is 2.54. The first-order valence-corrected chi connectivity index (χ1v) is 7.38. The Kier molecular flexibility index (Phi) is 7.98. The maximum absolute atomic E-state index is 10.7. The van der Waals surface area contributed by atoms with E-state index >= 15 is 0 Å². The molecule has 1 aliphatic heterocycles. The summed E-state index contributed by atoms with van der Waals surface area (Å²) < 4.78 is 10.8. The van der Waals surface area contributed by atoms with Crippen LogP contribution in [0.5, 0.6) is 11.5 Å². The Bertz CT molecular complexity index is 479. The molecule has 1 saturated heterocycles. The molecule has 1 aliphatic rings. The number of methoxy groups -OCH3 is 1. The SMILES string of the molecule is COc1cc([N+](=O)[O-])ccc1OCCCN1CCCCC1.Cl. The molecule has 0 amide bonds. The quantitative estimate of drug-likeness (QED) is 0.436. The van der Waals surface area contributed by atoms with Crippen LogP contribution in [0.1, 0.15) is 25.7 Å². The minimum atomic E-state index is -0.442. The van der Waals surface area contributed by atoms with Crippen LogP contribution in [0.4, 0.5) is 5.69 Å². The summed E-state index contributed by atoms with van der Waals surface area (Å²) in [5.74, 6) is 0.962. The van der Waals surface area contributed by atoms with Gasteiger partial charge in [-0.3, -0.25) is 10.1 Å². The van der Waals surface area contributed by atoms with Gasteiger partial charge in [0.1, 0.15) is 0 Å². The molecule has 1 aromatic rings. The molecule has 0 aromatic heterocycles. The Morgan fingerprint density at radius 1 is 1.23 bits per heavy atom. The predicted molar refractivity (Wildman–Crippen MR) is 87.3 cm³/mol. The third-order valence-corrected chi connectivity index (χ3v) is 3.68. The first-order valence-electron chi connectivity index (χ1n) is 7.38. The molecule has 2 rings (SSSR count). The normalized spacial score (nSPS) is 15.0. The number of hydrogen-bond donors (Lipinski definition) is 0. The zero-order valence-corrected chi connectivity index (χ0v) is 13.6. The van der Waals surface area contributed by atoms with Crippen molar-refractivity contribution in [1.29, 1.82) is 0 Å². The Morgan fingerprint density at radius 2 is 1.95 bits per heavy atom. The van der Waals surface area contributed by atoms with Gasteiger partial charge in [-0.15, -0.1) is 12.4 Å². The lowest BCUT2D eigenvalue weighted by atomic mass is 10.1. The Labute approximate surface area is 137 Å². The lowest BCUT2D eigenvalue weighted by Gasteiger charge is -2.26. The molecule has 1 aromatic carbocycles. The summed E-state index contributed by atoms with van der Waals surface area (Å²) in [6, 6.07) is 4.42. The highest BCUT2D eigenvalue weighted by Gasteiger charge is 2.13. The van der Waals surface area contributed by atoms with Gasteiger partial charge in [-0.2, -0.15) is 0 Å². The van der Waals surface area contributed by atoms with E-state index in [1.54, 1.807) is 6.07 Å². The van der Waals surface area contributed by atoms with Crippen LogP contribution in [0.3, 0.4) is 0 Å². The number of nitro groups is 1. The minimum Gasteiger partial charge on any atom is -0.493 e. The molecule has 124 valence electrons. The molecule has 6 nitrogen and oxygen atoms in total. The summed E-state index contributed by atoms with van der Waals surface area (Å²) in [5, 5.41) is 10.7. The van der Waals surface area contributed by atoms with Gasteiger partial charge in [0.2, 0.25) is 0 Å².